The first kappa shape index (κ1) is 20.6. The van der Waals surface area contributed by atoms with Crippen LogP contribution in [0.2, 0.25) is 0 Å². The van der Waals surface area contributed by atoms with Gasteiger partial charge in [0.05, 0.1) is 5.70 Å². The monoisotopic (exact) mass is 440 g/mol. The van der Waals surface area contributed by atoms with Crippen molar-refractivity contribution in [2.75, 3.05) is 16.8 Å². The summed E-state index contributed by atoms with van der Waals surface area (Å²) in [6.07, 6.45) is 2.05. The maximum atomic E-state index is 13.6. The lowest BCUT2D eigenvalue weighted by molar-refractivity contribution is -0.114. The number of nitrogens with one attached hydrogen (secondary N) is 1. The van der Waals surface area contributed by atoms with E-state index in [9.17, 15) is 9.18 Å². The van der Waals surface area contributed by atoms with Gasteiger partial charge in [-0.15, -0.1) is 0 Å². The van der Waals surface area contributed by atoms with Gasteiger partial charge >= 0.3 is 0 Å². The van der Waals surface area contributed by atoms with E-state index in [1.54, 1.807) is 21.7 Å². The first-order valence-electron chi connectivity index (χ1n) is 10.5. The van der Waals surface area contributed by atoms with Crippen LogP contribution in [0.3, 0.4) is 0 Å². The Labute approximate surface area is 190 Å². The van der Waals surface area contributed by atoms with Crippen LogP contribution in [0.5, 0.6) is 0 Å². The number of carbonyl (C=O) groups excluding carboxylic acids is 1. The zero-order valence-corrected chi connectivity index (χ0v) is 17.9. The number of aromatic nitrogens is 4. The van der Waals surface area contributed by atoms with Crippen LogP contribution in [0.1, 0.15) is 22.7 Å². The van der Waals surface area contributed by atoms with Gasteiger partial charge < -0.3 is 5.32 Å². The fourth-order valence-electron chi connectivity index (χ4n) is 3.89. The topological polar surface area (TPSA) is 75.9 Å². The van der Waals surface area contributed by atoms with E-state index >= 15 is 0 Å². The quantitative estimate of drug-likeness (QED) is 0.503. The number of halogens is 1. The number of allylic oxidation sites excluding steroid dienone is 1. The molecule has 4 aromatic rings. The van der Waals surface area contributed by atoms with Crippen molar-refractivity contribution in [1.29, 1.82) is 0 Å². The Morgan fingerprint density at radius 3 is 2.58 bits per heavy atom. The minimum atomic E-state index is -0.416. The largest absolute Gasteiger partial charge is 0.324 e. The fourth-order valence-corrected chi connectivity index (χ4v) is 3.89. The van der Waals surface area contributed by atoms with E-state index in [1.165, 1.54) is 12.1 Å². The average Bonchev–Trinajstić information content (AvgIpc) is 3.31. The maximum absolute atomic E-state index is 13.6. The predicted octanol–water partition coefficient (Wildman–Crippen LogP) is 4.21. The van der Waals surface area contributed by atoms with Gasteiger partial charge in [0.25, 0.3) is 5.95 Å². The lowest BCUT2D eigenvalue weighted by Crippen LogP contribution is -2.37. The van der Waals surface area contributed by atoms with Crippen molar-refractivity contribution >= 4 is 23.2 Å². The van der Waals surface area contributed by atoms with Crippen molar-refractivity contribution in [1.82, 2.24) is 20.2 Å². The molecule has 8 heteroatoms. The number of fused-ring (bicyclic) bond motifs is 1. The highest BCUT2D eigenvalue weighted by Crippen LogP contribution is 2.36. The lowest BCUT2D eigenvalue weighted by Gasteiger charge is -2.32. The van der Waals surface area contributed by atoms with Crippen LogP contribution in [0.4, 0.5) is 16.0 Å². The molecule has 0 bridgehead atoms. The molecular formula is C25H21FN6O. The molecule has 0 fully saturated rings. The van der Waals surface area contributed by atoms with Gasteiger partial charge in [0.15, 0.2) is 0 Å². The molecule has 1 aliphatic rings. The molecule has 2 heterocycles. The second-order valence-corrected chi connectivity index (χ2v) is 7.84. The molecule has 33 heavy (non-hydrogen) atoms. The summed E-state index contributed by atoms with van der Waals surface area (Å²) in [6, 6.07) is 23.6. The Kier molecular flexibility index (Phi) is 5.40. The number of hydrogen-bond acceptors (Lipinski definition) is 5. The molecule has 164 valence electrons. The Balaban J connectivity index is 1.53. The normalized spacial score (nSPS) is 15.0. The van der Waals surface area contributed by atoms with Gasteiger partial charge in [-0.1, -0.05) is 71.3 Å². The minimum Gasteiger partial charge on any atom is -0.324 e. The van der Waals surface area contributed by atoms with Gasteiger partial charge in [-0.2, -0.15) is 4.68 Å². The number of hydrogen-bond donors (Lipinski definition) is 1. The molecule has 0 saturated heterocycles. The first-order valence-corrected chi connectivity index (χ1v) is 10.5. The second kappa shape index (κ2) is 8.66. The van der Waals surface area contributed by atoms with Crippen LogP contribution in [0, 0.1) is 12.7 Å². The van der Waals surface area contributed by atoms with Crippen molar-refractivity contribution in [3.05, 3.63) is 107 Å². The van der Waals surface area contributed by atoms with Gasteiger partial charge in [-0.25, -0.2) is 4.39 Å². The standard InChI is InChI=1S/C25H21FN6O/c1-17-10-12-19(13-11-17)22-15-23(18-6-3-2-4-7-18)32-25(28-29-30-32)31(22)16-24(33)27-21-9-5-8-20(26)14-21/h2-15,23H,16H2,1H3,(H,27,33)/t23-/m1/s1. The Bertz CT molecular complexity index is 1320. The molecule has 1 atom stereocenters. The highest BCUT2D eigenvalue weighted by Gasteiger charge is 2.31. The zero-order valence-electron chi connectivity index (χ0n) is 17.9. The second-order valence-electron chi connectivity index (χ2n) is 7.84. The molecule has 1 aromatic heterocycles. The van der Waals surface area contributed by atoms with E-state index in [-0.39, 0.29) is 18.5 Å². The highest BCUT2D eigenvalue weighted by molar-refractivity contribution is 5.97. The number of carbonyl (C=O) groups is 1. The Morgan fingerprint density at radius 2 is 1.82 bits per heavy atom. The minimum absolute atomic E-state index is 0.0435. The lowest BCUT2D eigenvalue weighted by atomic mass is 10.00. The van der Waals surface area contributed by atoms with Crippen LogP contribution in [-0.4, -0.2) is 32.7 Å². The Hall–Kier alpha value is -4.33. The number of rotatable bonds is 5. The van der Waals surface area contributed by atoms with E-state index in [0.717, 1.165) is 22.4 Å². The third-order valence-corrected chi connectivity index (χ3v) is 5.49. The molecule has 3 aromatic carbocycles. The third kappa shape index (κ3) is 4.23. The van der Waals surface area contributed by atoms with Crippen molar-refractivity contribution < 1.29 is 9.18 Å². The summed E-state index contributed by atoms with van der Waals surface area (Å²) in [6.45, 7) is 1.98. The number of aryl methyl sites for hydroxylation is 1. The molecule has 0 unspecified atom stereocenters. The molecule has 1 aliphatic heterocycles. The van der Waals surface area contributed by atoms with Crippen LogP contribution < -0.4 is 10.2 Å². The SMILES string of the molecule is Cc1ccc(C2=C[C@H](c3ccccc3)n3nnnc3N2CC(=O)Nc2cccc(F)c2)cc1. The number of nitrogens with zero attached hydrogens (tertiary/aromatic N) is 5. The molecular weight excluding hydrogens is 419 g/mol. The number of anilines is 2. The summed E-state index contributed by atoms with van der Waals surface area (Å²) < 4.78 is 15.2. The number of amides is 1. The number of tetrazole rings is 1. The molecule has 0 saturated carbocycles. The molecule has 0 radical (unpaired) electrons. The van der Waals surface area contributed by atoms with Crippen molar-refractivity contribution in [3.8, 4) is 0 Å². The van der Waals surface area contributed by atoms with Gasteiger partial charge in [-0.3, -0.25) is 9.69 Å². The predicted molar refractivity (Wildman–Crippen MR) is 124 cm³/mol. The summed E-state index contributed by atoms with van der Waals surface area (Å²) in [4.78, 5) is 14.7. The number of benzene rings is 3. The van der Waals surface area contributed by atoms with E-state index in [4.69, 9.17) is 0 Å². The smallest absolute Gasteiger partial charge is 0.251 e. The molecule has 1 N–H and O–H groups in total. The highest BCUT2D eigenvalue weighted by atomic mass is 19.1. The van der Waals surface area contributed by atoms with Gasteiger partial charge in [0.1, 0.15) is 18.4 Å². The first-order chi connectivity index (χ1) is 16.1. The van der Waals surface area contributed by atoms with Crippen LogP contribution in [-0.2, 0) is 4.79 Å². The van der Waals surface area contributed by atoms with E-state index in [2.05, 4.69) is 26.9 Å². The maximum Gasteiger partial charge on any atom is 0.251 e. The molecule has 7 nitrogen and oxygen atoms in total. The molecule has 0 aliphatic carbocycles. The van der Waals surface area contributed by atoms with Gasteiger partial charge in [-0.05, 0) is 52.8 Å². The average molecular weight is 440 g/mol. The summed E-state index contributed by atoms with van der Waals surface area (Å²) >= 11 is 0. The van der Waals surface area contributed by atoms with Gasteiger partial charge in [0.2, 0.25) is 5.91 Å². The molecule has 5 rings (SSSR count). The summed E-state index contributed by atoms with van der Waals surface area (Å²) in [5.74, 6) is -0.275. The van der Waals surface area contributed by atoms with Crippen molar-refractivity contribution in [2.45, 2.75) is 13.0 Å². The van der Waals surface area contributed by atoms with E-state index in [0.29, 0.717) is 11.6 Å². The van der Waals surface area contributed by atoms with Crippen LogP contribution in [0.15, 0.2) is 84.9 Å². The van der Waals surface area contributed by atoms with E-state index in [1.807, 2.05) is 61.5 Å². The third-order valence-electron chi connectivity index (χ3n) is 5.49. The summed E-state index contributed by atoms with van der Waals surface area (Å²) in [7, 11) is 0. The van der Waals surface area contributed by atoms with E-state index < -0.39 is 5.82 Å². The summed E-state index contributed by atoms with van der Waals surface area (Å²) in [5, 5.41) is 15.1. The van der Waals surface area contributed by atoms with Gasteiger partial charge in [0, 0.05) is 5.69 Å². The van der Waals surface area contributed by atoms with Crippen molar-refractivity contribution in [2.24, 2.45) is 0 Å². The summed E-state index contributed by atoms with van der Waals surface area (Å²) in [5.41, 5.74) is 4.31. The molecule has 0 spiro atoms. The van der Waals surface area contributed by atoms with Crippen LogP contribution >= 0.6 is 0 Å². The van der Waals surface area contributed by atoms with Crippen molar-refractivity contribution in [3.63, 3.8) is 0 Å². The molecule has 1 amide bonds. The van der Waals surface area contributed by atoms with Crippen LogP contribution in [0.25, 0.3) is 5.70 Å². The fraction of sp³-hybridized carbons (Fsp3) is 0.120. The zero-order chi connectivity index (χ0) is 22.8. The Morgan fingerprint density at radius 1 is 1.03 bits per heavy atom.